The van der Waals surface area contributed by atoms with Gasteiger partial charge in [0.05, 0.1) is 29.0 Å². The van der Waals surface area contributed by atoms with Crippen LogP contribution in [0.25, 0.3) is 22.3 Å². The summed E-state index contributed by atoms with van der Waals surface area (Å²) < 4.78 is 7.73. The van der Waals surface area contributed by atoms with Crippen LogP contribution in [0.1, 0.15) is 66.2 Å². The number of anilines is 1. The molecule has 2 aliphatic heterocycles. The van der Waals surface area contributed by atoms with Gasteiger partial charge in [0, 0.05) is 78.7 Å². The Morgan fingerprint density at radius 3 is 2.49 bits per heavy atom. The molecule has 0 radical (unpaired) electrons. The molecular formula is C36H40N8O7. The smallest absolute Gasteiger partial charge is 0.410 e. The van der Waals surface area contributed by atoms with Crippen LogP contribution >= 0.6 is 0 Å². The van der Waals surface area contributed by atoms with Gasteiger partial charge in [0.15, 0.2) is 5.78 Å². The summed E-state index contributed by atoms with van der Waals surface area (Å²) in [5.41, 5.74) is 4.16. The van der Waals surface area contributed by atoms with Crippen molar-refractivity contribution in [3.05, 3.63) is 74.8 Å². The first-order valence-corrected chi connectivity index (χ1v) is 17.2. The fraction of sp³-hybridized carbons (Fsp3) is 0.417. The van der Waals surface area contributed by atoms with Crippen molar-refractivity contribution in [2.75, 3.05) is 37.6 Å². The van der Waals surface area contributed by atoms with E-state index in [2.05, 4.69) is 29.1 Å². The normalized spacial score (nSPS) is 18.1. The summed E-state index contributed by atoms with van der Waals surface area (Å²) in [7, 11) is 0. The molecule has 1 saturated heterocycles. The highest BCUT2D eigenvalue weighted by molar-refractivity contribution is 5.93. The Bertz CT molecular complexity index is 2110. The molecular weight excluding hydrogens is 656 g/mol. The summed E-state index contributed by atoms with van der Waals surface area (Å²) in [6.07, 6.45) is 3.33. The number of Topliss-reactive ketones (excluding diaryl/α,β-unsaturated/α-hetero) is 1. The second kappa shape index (κ2) is 13.5. The number of benzene rings is 1. The van der Waals surface area contributed by atoms with Crippen molar-refractivity contribution in [2.24, 2.45) is 0 Å². The molecule has 1 aromatic carbocycles. The van der Waals surface area contributed by atoms with E-state index in [1.807, 2.05) is 11.0 Å². The third-order valence-electron chi connectivity index (χ3n) is 10.1. The molecule has 2 amide bonds. The molecule has 51 heavy (non-hydrogen) atoms. The van der Waals surface area contributed by atoms with Gasteiger partial charge in [-0.15, -0.1) is 0 Å². The van der Waals surface area contributed by atoms with Crippen LogP contribution in [0.5, 0.6) is 5.75 Å². The number of fused-ring (bicyclic) bond motifs is 5. The summed E-state index contributed by atoms with van der Waals surface area (Å²) >= 11 is 0. The molecule has 15 nitrogen and oxygen atoms in total. The van der Waals surface area contributed by atoms with E-state index in [0.717, 1.165) is 16.5 Å². The lowest BCUT2D eigenvalue weighted by Gasteiger charge is -2.34. The molecule has 1 fully saturated rings. The lowest BCUT2D eigenvalue weighted by atomic mass is 9.77. The van der Waals surface area contributed by atoms with Crippen molar-refractivity contribution < 1.29 is 29.4 Å². The number of aliphatic hydroxyl groups is 1. The SMILES string of the molecule is CC[C@@]1(O)C(=O)CCc2c1cc1n(c2=O)Cc2cc3c(CCNC(C)C)c(OC(=O)N4CCN(c5ncc(C(=O)NO)cn5)CC4)ccc3nc2-1. The van der Waals surface area contributed by atoms with Gasteiger partial charge >= 0.3 is 6.09 Å². The topological polar surface area (TPSA) is 192 Å². The number of hydrogen-bond donors (Lipinski definition) is 4. The Labute approximate surface area is 293 Å². The molecule has 0 unspecified atom stereocenters. The molecule has 0 saturated carbocycles. The number of pyridine rings is 2. The van der Waals surface area contributed by atoms with Crippen LogP contribution in [0, 0.1) is 0 Å². The van der Waals surface area contributed by atoms with Gasteiger partial charge in [-0.1, -0.05) is 20.8 Å². The molecule has 266 valence electrons. The molecule has 5 heterocycles. The monoisotopic (exact) mass is 696 g/mol. The zero-order valence-electron chi connectivity index (χ0n) is 28.7. The maximum atomic E-state index is 13.7. The summed E-state index contributed by atoms with van der Waals surface area (Å²) in [5.74, 6) is -0.139. The highest BCUT2D eigenvalue weighted by Gasteiger charge is 2.43. The van der Waals surface area contributed by atoms with Gasteiger partial charge in [-0.25, -0.2) is 25.2 Å². The number of amides is 2. The molecule has 0 spiro atoms. The summed E-state index contributed by atoms with van der Waals surface area (Å²) in [5, 5.41) is 24.4. The third-order valence-corrected chi connectivity index (χ3v) is 10.1. The predicted octanol–water partition coefficient (Wildman–Crippen LogP) is 2.31. The molecule has 3 aromatic heterocycles. The van der Waals surface area contributed by atoms with E-state index >= 15 is 0 Å². The van der Waals surface area contributed by atoms with E-state index in [4.69, 9.17) is 14.9 Å². The number of hydrogen-bond acceptors (Lipinski definition) is 12. The van der Waals surface area contributed by atoms with Gasteiger partial charge in [0.25, 0.3) is 11.5 Å². The standard InChI is InChI=1S/C36H40N8O7/c1-4-36(49)26-16-28-31-21(19-44(28)33(47)24(26)5-8-30(36)45)15-25-23(9-10-37-20(2)3)29(7-6-27(25)40-31)51-35(48)43-13-11-42(12-14-43)34-38-17-22(18-39-34)32(46)41-50/h6-7,15-18,20,37,49-50H,4-5,8-14,19H2,1-3H3,(H,41,46)/t36-/m0/s1. The van der Waals surface area contributed by atoms with E-state index < -0.39 is 17.6 Å². The van der Waals surface area contributed by atoms with E-state index in [-0.39, 0.29) is 35.8 Å². The van der Waals surface area contributed by atoms with Gasteiger partial charge in [-0.3, -0.25) is 19.6 Å². The van der Waals surface area contributed by atoms with Gasteiger partial charge < -0.3 is 29.5 Å². The molecule has 1 aliphatic carbocycles. The Morgan fingerprint density at radius 2 is 1.80 bits per heavy atom. The fourth-order valence-corrected chi connectivity index (χ4v) is 7.23. The van der Waals surface area contributed by atoms with Gasteiger partial charge in [-0.2, -0.15) is 0 Å². The van der Waals surface area contributed by atoms with Gasteiger partial charge in [0.1, 0.15) is 11.4 Å². The number of hydroxylamine groups is 1. The Balaban J connectivity index is 1.16. The zero-order valence-corrected chi connectivity index (χ0v) is 28.7. The Hall–Kier alpha value is -5.25. The quantitative estimate of drug-likeness (QED) is 0.137. The lowest BCUT2D eigenvalue weighted by molar-refractivity contribution is -0.140. The van der Waals surface area contributed by atoms with Gasteiger partial charge in [-0.05, 0) is 50.1 Å². The molecule has 15 heteroatoms. The number of ketones is 1. The van der Waals surface area contributed by atoms with Crippen LogP contribution in [-0.2, 0) is 29.8 Å². The van der Waals surface area contributed by atoms with Crippen LogP contribution in [0.2, 0.25) is 0 Å². The maximum Gasteiger partial charge on any atom is 0.415 e. The third kappa shape index (κ3) is 6.10. The largest absolute Gasteiger partial charge is 0.415 e. The van der Waals surface area contributed by atoms with Crippen LogP contribution in [-0.4, -0.2) is 91.3 Å². The minimum absolute atomic E-state index is 0.123. The average molecular weight is 697 g/mol. The zero-order chi connectivity index (χ0) is 36.0. The van der Waals surface area contributed by atoms with Crippen LogP contribution in [0.3, 0.4) is 0 Å². The summed E-state index contributed by atoms with van der Waals surface area (Å²) in [6.45, 7) is 8.43. The average Bonchev–Trinajstić information content (AvgIpc) is 3.50. The number of rotatable bonds is 8. The highest BCUT2D eigenvalue weighted by Crippen LogP contribution is 2.40. The van der Waals surface area contributed by atoms with E-state index in [1.165, 1.54) is 12.4 Å². The molecule has 7 rings (SSSR count). The van der Waals surface area contributed by atoms with Crippen LogP contribution < -0.4 is 26.0 Å². The lowest BCUT2D eigenvalue weighted by Crippen LogP contribution is -2.50. The minimum atomic E-state index is -1.69. The molecule has 0 bridgehead atoms. The second-order valence-electron chi connectivity index (χ2n) is 13.5. The summed E-state index contributed by atoms with van der Waals surface area (Å²) in [4.78, 5) is 68.6. The number of ether oxygens (including phenoxy) is 1. The Morgan fingerprint density at radius 1 is 1.06 bits per heavy atom. The summed E-state index contributed by atoms with van der Waals surface area (Å²) in [6, 6.07) is 7.58. The highest BCUT2D eigenvalue weighted by atomic mass is 16.6. The van der Waals surface area contributed by atoms with Crippen molar-refractivity contribution in [3.63, 3.8) is 0 Å². The number of piperazine rings is 1. The number of nitrogens with one attached hydrogen (secondary N) is 2. The van der Waals surface area contributed by atoms with Gasteiger partial charge in [0.2, 0.25) is 5.95 Å². The maximum absolute atomic E-state index is 13.7. The first-order valence-electron chi connectivity index (χ1n) is 17.2. The Kier molecular flexibility index (Phi) is 9.03. The molecule has 1 atom stereocenters. The second-order valence-corrected chi connectivity index (χ2v) is 13.5. The van der Waals surface area contributed by atoms with E-state index in [1.54, 1.807) is 40.1 Å². The number of nitrogens with zero attached hydrogens (tertiary/aromatic N) is 6. The van der Waals surface area contributed by atoms with Crippen molar-refractivity contribution >= 4 is 34.6 Å². The van der Waals surface area contributed by atoms with Crippen molar-refractivity contribution in [1.29, 1.82) is 0 Å². The fourth-order valence-electron chi connectivity index (χ4n) is 7.23. The van der Waals surface area contributed by atoms with Crippen molar-refractivity contribution in [1.82, 2.24) is 35.2 Å². The molecule has 3 aliphatic rings. The van der Waals surface area contributed by atoms with Crippen molar-refractivity contribution in [3.8, 4) is 17.1 Å². The van der Waals surface area contributed by atoms with E-state index in [9.17, 15) is 24.3 Å². The predicted molar refractivity (Wildman–Crippen MR) is 186 cm³/mol. The van der Waals surface area contributed by atoms with Crippen LogP contribution in [0.4, 0.5) is 10.7 Å². The number of aromatic nitrogens is 4. The molecule has 4 N–H and O–H groups in total. The first kappa shape index (κ1) is 34.2. The number of carbonyl (C=O) groups excluding carboxylic acids is 3. The first-order chi connectivity index (χ1) is 24.5. The van der Waals surface area contributed by atoms with E-state index in [0.29, 0.717) is 91.8 Å². The number of carbonyl (C=O) groups is 3. The molecule has 4 aromatic rings. The minimum Gasteiger partial charge on any atom is -0.410 e. The van der Waals surface area contributed by atoms with Crippen molar-refractivity contribution in [2.45, 2.75) is 64.6 Å². The van der Waals surface area contributed by atoms with Crippen LogP contribution in [0.15, 0.2) is 41.5 Å².